The number of nitrogens with one attached hydrogen (secondary N) is 1. The molecule has 5 nitrogen and oxygen atoms in total. The maximum atomic E-state index is 14.4. The van der Waals surface area contributed by atoms with Crippen LogP contribution >= 0.6 is 35.1 Å². The molecule has 1 fully saturated rings. The minimum absolute atomic E-state index is 0.102. The summed E-state index contributed by atoms with van der Waals surface area (Å²) in [5, 5.41) is 4.35. The Balaban J connectivity index is 1.58. The number of carbonyl (C=O) groups excluding carboxylic acids is 2. The van der Waals surface area contributed by atoms with Crippen molar-refractivity contribution in [3.05, 3.63) is 116 Å². The molecule has 3 aliphatic rings. The number of hydrogen-bond acceptors (Lipinski definition) is 7. The van der Waals surface area contributed by atoms with Crippen molar-refractivity contribution in [3.8, 4) is 0 Å². The van der Waals surface area contributed by atoms with E-state index >= 15 is 0 Å². The lowest BCUT2D eigenvalue weighted by atomic mass is 9.81. The van der Waals surface area contributed by atoms with Crippen molar-refractivity contribution in [1.29, 1.82) is 0 Å². The van der Waals surface area contributed by atoms with Gasteiger partial charge in [0, 0.05) is 70.8 Å². The molecule has 36 heavy (non-hydrogen) atoms. The van der Waals surface area contributed by atoms with Crippen molar-refractivity contribution in [2.45, 2.75) is 24.3 Å². The molecule has 180 valence electrons. The molecule has 1 aromatic carbocycles. The summed E-state index contributed by atoms with van der Waals surface area (Å²) in [6, 6.07) is 15.3. The summed E-state index contributed by atoms with van der Waals surface area (Å²) in [7, 11) is 0. The average Bonchev–Trinajstić information content (AvgIpc) is 3.55. The topological polar surface area (TPSA) is 72.0 Å². The zero-order valence-electron chi connectivity index (χ0n) is 19.2. The molecule has 2 aromatic heterocycles. The quantitative estimate of drug-likeness (QED) is 0.337. The standard InChI is InChI=1S/C28H22ClN3O2S2/c29-19-7-5-16(6-8-19)25-22(18-4-2-10-31-15-18)24-26(32-25)20(17-3-1-9-30-14-17)13-21(33)23(27(24)34)28-35-11-12-36-28/h1-10,14-15,20,22,25,32H,11-13H2/t20-,22-,25+/m0/s1. The molecule has 0 radical (unpaired) electrons. The number of halogens is 1. The number of benzene rings is 1. The van der Waals surface area contributed by atoms with Crippen molar-refractivity contribution in [2.75, 3.05) is 11.5 Å². The van der Waals surface area contributed by atoms with Gasteiger partial charge >= 0.3 is 0 Å². The van der Waals surface area contributed by atoms with E-state index in [4.69, 9.17) is 11.6 Å². The maximum Gasteiger partial charge on any atom is 0.196 e. The van der Waals surface area contributed by atoms with Crippen molar-refractivity contribution in [2.24, 2.45) is 0 Å². The van der Waals surface area contributed by atoms with Crippen LogP contribution in [-0.4, -0.2) is 33.0 Å². The van der Waals surface area contributed by atoms with Crippen molar-refractivity contribution < 1.29 is 9.59 Å². The van der Waals surface area contributed by atoms with E-state index in [9.17, 15) is 9.59 Å². The van der Waals surface area contributed by atoms with Crippen LogP contribution in [0.3, 0.4) is 0 Å². The highest BCUT2D eigenvalue weighted by Crippen LogP contribution is 2.52. The lowest BCUT2D eigenvalue weighted by Crippen LogP contribution is -2.25. The first kappa shape index (κ1) is 23.5. The molecule has 3 atom stereocenters. The van der Waals surface area contributed by atoms with E-state index in [1.165, 1.54) is 0 Å². The van der Waals surface area contributed by atoms with E-state index in [0.29, 0.717) is 16.2 Å². The largest absolute Gasteiger partial charge is 0.380 e. The first-order valence-corrected chi connectivity index (χ1v) is 14.1. The average molecular weight is 532 g/mol. The molecule has 3 aromatic rings. The van der Waals surface area contributed by atoms with Crippen LogP contribution in [0.4, 0.5) is 0 Å². The van der Waals surface area contributed by atoms with Gasteiger partial charge in [-0.3, -0.25) is 19.6 Å². The number of nitrogens with zero attached hydrogens (tertiary/aromatic N) is 2. The molecule has 0 bridgehead atoms. The van der Waals surface area contributed by atoms with Crippen molar-refractivity contribution >= 4 is 46.7 Å². The van der Waals surface area contributed by atoms with Crippen LogP contribution < -0.4 is 5.32 Å². The summed E-state index contributed by atoms with van der Waals surface area (Å²) >= 11 is 9.42. The minimum Gasteiger partial charge on any atom is -0.380 e. The maximum absolute atomic E-state index is 14.4. The van der Waals surface area contributed by atoms with Crippen LogP contribution in [0, 0.1) is 0 Å². The minimum atomic E-state index is -0.306. The van der Waals surface area contributed by atoms with Gasteiger partial charge in [0.15, 0.2) is 11.6 Å². The van der Waals surface area contributed by atoms with E-state index in [-0.39, 0.29) is 35.9 Å². The van der Waals surface area contributed by atoms with Crippen LogP contribution in [0.25, 0.3) is 0 Å². The molecule has 2 aliphatic heterocycles. The highest BCUT2D eigenvalue weighted by Gasteiger charge is 2.47. The number of pyridine rings is 2. The monoisotopic (exact) mass is 531 g/mol. The van der Waals surface area contributed by atoms with Gasteiger partial charge in [0.05, 0.1) is 15.9 Å². The second-order valence-electron chi connectivity index (χ2n) is 8.92. The summed E-state index contributed by atoms with van der Waals surface area (Å²) in [6.45, 7) is 0. The summed E-state index contributed by atoms with van der Waals surface area (Å²) in [5.74, 6) is 0.931. The van der Waals surface area contributed by atoms with Crippen LogP contribution in [0.15, 0.2) is 94.4 Å². The number of allylic oxidation sites excluding steroid dienone is 2. The fraction of sp³-hybridized carbons (Fsp3) is 0.214. The lowest BCUT2D eigenvalue weighted by Gasteiger charge is -2.25. The summed E-state index contributed by atoms with van der Waals surface area (Å²) < 4.78 is 0.851. The summed E-state index contributed by atoms with van der Waals surface area (Å²) in [6.07, 6.45) is 7.28. The molecule has 6 rings (SSSR count). The van der Waals surface area contributed by atoms with Gasteiger partial charge in [-0.05, 0) is 41.0 Å². The van der Waals surface area contributed by atoms with Gasteiger partial charge in [-0.2, -0.15) is 0 Å². The normalized spacial score (nSPS) is 24.1. The van der Waals surface area contributed by atoms with Gasteiger partial charge in [0.25, 0.3) is 0 Å². The molecule has 1 N–H and O–H groups in total. The van der Waals surface area contributed by atoms with Gasteiger partial charge in [-0.1, -0.05) is 35.9 Å². The van der Waals surface area contributed by atoms with Crippen molar-refractivity contribution in [1.82, 2.24) is 15.3 Å². The number of carbonyl (C=O) groups is 2. The Kier molecular flexibility index (Phi) is 6.46. The van der Waals surface area contributed by atoms with E-state index in [0.717, 1.165) is 38.1 Å². The highest BCUT2D eigenvalue weighted by atomic mass is 35.5. The Labute approximate surface area is 222 Å². The Morgan fingerprint density at radius 3 is 2.17 bits per heavy atom. The van der Waals surface area contributed by atoms with Crippen LogP contribution in [0.1, 0.15) is 41.0 Å². The number of ketones is 2. The lowest BCUT2D eigenvalue weighted by molar-refractivity contribution is -0.119. The third-order valence-corrected chi connectivity index (χ3v) is 9.81. The highest BCUT2D eigenvalue weighted by molar-refractivity contribution is 8.25. The molecule has 0 saturated carbocycles. The van der Waals surface area contributed by atoms with Gasteiger partial charge in [-0.25, -0.2) is 0 Å². The fourth-order valence-electron chi connectivity index (χ4n) is 5.26. The molecule has 1 saturated heterocycles. The predicted molar refractivity (Wildman–Crippen MR) is 145 cm³/mol. The third kappa shape index (κ3) is 4.19. The first-order chi connectivity index (χ1) is 17.6. The third-order valence-electron chi connectivity index (χ3n) is 6.85. The van der Waals surface area contributed by atoms with Crippen LogP contribution in [0.2, 0.25) is 5.02 Å². The van der Waals surface area contributed by atoms with Gasteiger partial charge in [0.2, 0.25) is 0 Å². The summed E-state index contributed by atoms with van der Waals surface area (Å²) in [4.78, 5) is 36.7. The second-order valence-corrected chi connectivity index (χ2v) is 11.8. The number of aromatic nitrogens is 2. The number of rotatable bonds is 3. The smallest absolute Gasteiger partial charge is 0.196 e. The summed E-state index contributed by atoms with van der Waals surface area (Å²) in [5.41, 5.74) is 4.66. The van der Waals surface area contributed by atoms with Crippen molar-refractivity contribution in [3.63, 3.8) is 0 Å². The Hall–Kier alpha value is -2.87. The molecule has 1 aliphatic carbocycles. The van der Waals surface area contributed by atoms with Gasteiger partial charge in [0.1, 0.15) is 0 Å². The fourth-order valence-corrected chi connectivity index (χ4v) is 7.96. The van der Waals surface area contributed by atoms with E-state index in [1.54, 1.807) is 42.1 Å². The molecule has 0 spiro atoms. The van der Waals surface area contributed by atoms with Crippen LogP contribution in [0.5, 0.6) is 0 Å². The van der Waals surface area contributed by atoms with E-state index in [2.05, 4.69) is 15.3 Å². The molecule has 8 heteroatoms. The Morgan fingerprint density at radius 1 is 0.861 bits per heavy atom. The molecule has 0 amide bonds. The molecule has 0 unspecified atom stereocenters. The van der Waals surface area contributed by atoms with E-state index in [1.807, 2.05) is 54.7 Å². The first-order valence-electron chi connectivity index (χ1n) is 11.8. The number of hydrogen-bond donors (Lipinski definition) is 1. The predicted octanol–water partition coefficient (Wildman–Crippen LogP) is 5.83. The van der Waals surface area contributed by atoms with E-state index < -0.39 is 0 Å². The zero-order valence-corrected chi connectivity index (χ0v) is 21.6. The Morgan fingerprint density at radius 2 is 1.53 bits per heavy atom. The van der Waals surface area contributed by atoms with Gasteiger partial charge < -0.3 is 5.32 Å². The van der Waals surface area contributed by atoms with Crippen LogP contribution in [-0.2, 0) is 9.59 Å². The van der Waals surface area contributed by atoms with Gasteiger partial charge in [-0.15, -0.1) is 23.5 Å². The number of thioether (sulfide) groups is 2. The zero-order chi connectivity index (χ0) is 24.6. The number of Topliss-reactive ketones (excluding diaryl/α,β-unsaturated/α-hetero) is 2. The Bertz CT molecular complexity index is 1380. The molecular formula is C28H22ClN3O2S2. The molecular weight excluding hydrogens is 510 g/mol. The molecule has 4 heterocycles. The SMILES string of the molecule is O=C1C[C@@H](c2cccnc2)C2=C(C(=O)C1=C1SCCS1)[C@H](c1cccnc1)[C@@H](c1ccc(Cl)cc1)N2. The second kappa shape index (κ2) is 9.88.